The number of imidazole rings is 1. The van der Waals surface area contributed by atoms with Gasteiger partial charge in [-0.3, -0.25) is 9.19 Å². The third kappa shape index (κ3) is 3.21. The van der Waals surface area contributed by atoms with Crippen LogP contribution in [-0.4, -0.2) is 30.4 Å². The van der Waals surface area contributed by atoms with Gasteiger partial charge < -0.3 is 4.98 Å². The zero-order valence-electron chi connectivity index (χ0n) is 9.78. The molecule has 0 bridgehead atoms. The molecule has 1 atom stereocenters. The van der Waals surface area contributed by atoms with E-state index in [9.17, 15) is 4.21 Å². The molecule has 5 nitrogen and oxygen atoms in total. The molecular weight excluding hydrogens is 248 g/mol. The first kappa shape index (κ1) is 12.4. The number of H-pyrrole nitrogens is 1. The van der Waals surface area contributed by atoms with E-state index in [0.29, 0.717) is 10.8 Å². The van der Waals surface area contributed by atoms with Gasteiger partial charge in [0, 0.05) is 24.8 Å². The Bertz CT molecular complexity index is 579. The number of pyridine rings is 2. The average Bonchev–Trinajstić information content (AvgIpc) is 2.85. The van der Waals surface area contributed by atoms with Crippen LogP contribution in [0, 0.1) is 0 Å². The van der Waals surface area contributed by atoms with E-state index in [1.165, 1.54) is 0 Å². The summed E-state index contributed by atoms with van der Waals surface area (Å²) >= 11 is 0. The van der Waals surface area contributed by atoms with Gasteiger partial charge in [-0.2, -0.15) is 0 Å². The monoisotopic (exact) mass is 260 g/mol. The third-order valence-corrected chi connectivity index (χ3v) is 2.81. The molecule has 0 amide bonds. The second-order valence-corrected chi connectivity index (χ2v) is 4.69. The van der Waals surface area contributed by atoms with Crippen LogP contribution in [0.15, 0.2) is 54.1 Å². The Morgan fingerprint density at radius 1 is 1.11 bits per heavy atom. The fraction of sp³-hybridized carbons (Fsp3) is 0.0833. The Labute approximate surface area is 107 Å². The Balaban J connectivity index is 0.000000169. The molecule has 0 spiro atoms. The van der Waals surface area contributed by atoms with Crippen LogP contribution in [0.4, 0.5) is 0 Å². The van der Waals surface area contributed by atoms with Crippen molar-refractivity contribution in [1.82, 2.24) is 19.9 Å². The number of aromatic amines is 1. The summed E-state index contributed by atoms with van der Waals surface area (Å²) in [7, 11) is -1.07. The SMILES string of the molecule is CS(=O)c1nc2ncccc2[nH]1.c1ccncc1. The molecule has 3 aromatic rings. The molecule has 0 aromatic carbocycles. The number of hydrogen-bond acceptors (Lipinski definition) is 4. The van der Waals surface area contributed by atoms with E-state index >= 15 is 0 Å². The summed E-state index contributed by atoms with van der Waals surface area (Å²) < 4.78 is 11.0. The van der Waals surface area contributed by atoms with Gasteiger partial charge in [-0.15, -0.1) is 0 Å². The molecule has 1 unspecified atom stereocenters. The van der Waals surface area contributed by atoms with Crippen LogP contribution in [0.3, 0.4) is 0 Å². The normalized spacial score (nSPS) is 11.6. The van der Waals surface area contributed by atoms with E-state index in [0.717, 1.165) is 5.52 Å². The van der Waals surface area contributed by atoms with Gasteiger partial charge in [0.15, 0.2) is 10.8 Å². The first-order chi connectivity index (χ1) is 8.77. The lowest BCUT2D eigenvalue weighted by atomic mass is 10.4. The summed E-state index contributed by atoms with van der Waals surface area (Å²) in [6.45, 7) is 0. The molecule has 92 valence electrons. The molecule has 6 heteroatoms. The summed E-state index contributed by atoms with van der Waals surface area (Å²) in [5, 5.41) is 0.476. The van der Waals surface area contributed by atoms with Gasteiger partial charge in [0.2, 0.25) is 0 Å². The van der Waals surface area contributed by atoms with E-state index < -0.39 is 10.8 Å². The fourth-order valence-electron chi connectivity index (χ4n) is 1.27. The van der Waals surface area contributed by atoms with Gasteiger partial charge in [0.25, 0.3) is 0 Å². The lowest BCUT2D eigenvalue weighted by molar-refractivity contribution is 0.682. The van der Waals surface area contributed by atoms with Crippen molar-refractivity contribution in [2.24, 2.45) is 0 Å². The second-order valence-electron chi connectivity index (χ2n) is 3.40. The number of rotatable bonds is 1. The summed E-state index contributed by atoms with van der Waals surface area (Å²) in [5.74, 6) is 0. The maximum Gasteiger partial charge on any atom is 0.198 e. The minimum atomic E-state index is -1.07. The maximum atomic E-state index is 11.0. The van der Waals surface area contributed by atoms with Crippen molar-refractivity contribution < 1.29 is 4.21 Å². The zero-order chi connectivity index (χ0) is 12.8. The fourth-order valence-corrected chi connectivity index (χ4v) is 1.74. The lowest BCUT2D eigenvalue weighted by Crippen LogP contribution is -1.88. The van der Waals surface area contributed by atoms with Crippen LogP contribution in [0.1, 0.15) is 0 Å². The van der Waals surface area contributed by atoms with E-state index in [2.05, 4.69) is 19.9 Å². The predicted octanol–water partition coefficient (Wildman–Crippen LogP) is 1.78. The molecule has 0 aliphatic carbocycles. The highest BCUT2D eigenvalue weighted by Gasteiger charge is 2.04. The van der Waals surface area contributed by atoms with Gasteiger partial charge in [-0.1, -0.05) is 6.07 Å². The minimum absolute atomic E-state index is 0.476. The van der Waals surface area contributed by atoms with Gasteiger partial charge in [0.05, 0.1) is 16.3 Å². The van der Waals surface area contributed by atoms with E-state index in [4.69, 9.17) is 0 Å². The Morgan fingerprint density at radius 3 is 2.39 bits per heavy atom. The number of aromatic nitrogens is 4. The molecule has 0 aliphatic heterocycles. The molecule has 3 rings (SSSR count). The van der Waals surface area contributed by atoms with E-state index in [-0.39, 0.29) is 0 Å². The first-order valence-corrected chi connectivity index (χ1v) is 6.82. The van der Waals surface area contributed by atoms with Crippen molar-refractivity contribution in [2.75, 3.05) is 6.26 Å². The highest BCUT2D eigenvalue weighted by molar-refractivity contribution is 7.84. The molecule has 0 fully saturated rings. The molecular formula is C12H12N4OS. The largest absolute Gasteiger partial charge is 0.329 e. The Morgan fingerprint density at radius 2 is 1.89 bits per heavy atom. The molecule has 1 N–H and O–H groups in total. The van der Waals surface area contributed by atoms with Crippen LogP contribution in [0.5, 0.6) is 0 Å². The van der Waals surface area contributed by atoms with Gasteiger partial charge in [0.1, 0.15) is 0 Å². The van der Waals surface area contributed by atoms with Crippen LogP contribution in [0.2, 0.25) is 0 Å². The van der Waals surface area contributed by atoms with Crippen molar-refractivity contribution in [3.63, 3.8) is 0 Å². The molecule has 18 heavy (non-hydrogen) atoms. The summed E-state index contributed by atoms with van der Waals surface area (Å²) in [6.07, 6.45) is 6.74. The van der Waals surface area contributed by atoms with E-state index in [1.807, 2.05) is 30.3 Å². The summed E-state index contributed by atoms with van der Waals surface area (Å²) in [5.41, 5.74) is 1.44. The maximum absolute atomic E-state index is 11.0. The van der Waals surface area contributed by atoms with Gasteiger partial charge >= 0.3 is 0 Å². The Kier molecular flexibility index (Phi) is 4.14. The quantitative estimate of drug-likeness (QED) is 0.724. The average molecular weight is 260 g/mol. The number of nitrogens with zero attached hydrogens (tertiary/aromatic N) is 3. The van der Waals surface area contributed by atoms with E-state index in [1.54, 1.807) is 24.8 Å². The molecule has 0 saturated heterocycles. The highest BCUT2D eigenvalue weighted by atomic mass is 32.2. The van der Waals surface area contributed by atoms with Crippen LogP contribution >= 0.6 is 0 Å². The van der Waals surface area contributed by atoms with Crippen molar-refractivity contribution in [1.29, 1.82) is 0 Å². The smallest absolute Gasteiger partial charge is 0.198 e. The number of hydrogen-bond donors (Lipinski definition) is 1. The molecule has 3 aromatic heterocycles. The number of nitrogens with one attached hydrogen (secondary N) is 1. The molecule has 0 saturated carbocycles. The van der Waals surface area contributed by atoms with Crippen LogP contribution < -0.4 is 0 Å². The first-order valence-electron chi connectivity index (χ1n) is 5.26. The van der Waals surface area contributed by atoms with Crippen LogP contribution in [-0.2, 0) is 10.8 Å². The van der Waals surface area contributed by atoms with Crippen molar-refractivity contribution in [3.05, 3.63) is 48.9 Å². The standard InChI is InChI=1S/C7H7N3OS.C5H5N/c1-12(11)7-9-5-3-2-4-8-6(5)10-7;1-2-4-6-5-3-1/h2-4H,1H3,(H,8,9,10);1-5H. The van der Waals surface area contributed by atoms with Crippen molar-refractivity contribution >= 4 is 22.0 Å². The van der Waals surface area contributed by atoms with Crippen molar-refractivity contribution in [2.45, 2.75) is 5.16 Å². The Hall–Kier alpha value is -2.08. The summed E-state index contributed by atoms with van der Waals surface area (Å²) in [6, 6.07) is 9.38. The van der Waals surface area contributed by atoms with Crippen molar-refractivity contribution in [3.8, 4) is 0 Å². The minimum Gasteiger partial charge on any atom is -0.329 e. The zero-order valence-corrected chi connectivity index (χ0v) is 10.6. The number of fused-ring (bicyclic) bond motifs is 1. The topological polar surface area (TPSA) is 71.5 Å². The molecule has 0 radical (unpaired) electrons. The summed E-state index contributed by atoms with van der Waals surface area (Å²) in [4.78, 5) is 14.8. The predicted molar refractivity (Wildman–Crippen MR) is 70.5 cm³/mol. The second kappa shape index (κ2) is 6.02. The van der Waals surface area contributed by atoms with Gasteiger partial charge in [-0.05, 0) is 24.3 Å². The van der Waals surface area contributed by atoms with Gasteiger partial charge in [-0.25, -0.2) is 9.97 Å². The highest BCUT2D eigenvalue weighted by Crippen LogP contribution is 2.08. The molecule has 0 aliphatic rings. The third-order valence-electron chi connectivity index (χ3n) is 2.07. The molecule has 3 heterocycles. The lowest BCUT2D eigenvalue weighted by Gasteiger charge is -1.82. The van der Waals surface area contributed by atoms with Crippen LogP contribution in [0.25, 0.3) is 11.2 Å².